The summed E-state index contributed by atoms with van der Waals surface area (Å²) in [7, 11) is 0. The molecule has 1 aromatic rings. The van der Waals surface area contributed by atoms with Crippen LogP contribution in [0, 0.1) is 11.6 Å². The maximum Gasteiger partial charge on any atom is 0.325 e. The van der Waals surface area contributed by atoms with Crippen molar-refractivity contribution in [2.24, 2.45) is 0 Å². The third kappa shape index (κ3) is 2.95. The normalized spacial score (nSPS) is 13.9. The van der Waals surface area contributed by atoms with E-state index in [1.807, 2.05) is 0 Å². The van der Waals surface area contributed by atoms with Crippen molar-refractivity contribution < 1.29 is 23.1 Å². The fourth-order valence-corrected chi connectivity index (χ4v) is 2.43. The van der Waals surface area contributed by atoms with Gasteiger partial charge in [0, 0.05) is 6.04 Å². The number of nitrogens with zero attached hydrogens (tertiary/aromatic N) is 1. The second-order valence-electron chi connectivity index (χ2n) is 4.68. The zero-order chi connectivity index (χ0) is 14.7. The number of amides is 1. The van der Waals surface area contributed by atoms with Crippen LogP contribution in [0.4, 0.5) is 8.78 Å². The van der Waals surface area contributed by atoms with Crippen molar-refractivity contribution in [3.63, 3.8) is 0 Å². The second kappa shape index (κ2) is 5.98. The minimum absolute atomic E-state index is 0.152. The molecule has 4 nitrogen and oxygen atoms in total. The highest BCUT2D eigenvalue weighted by atomic mass is 19.2. The molecule has 0 saturated carbocycles. The molecule has 0 fully saturated rings. The van der Waals surface area contributed by atoms with E-state index in [2.05, 4.69) is 0 Å². The Kier molecular flexibility index (Phi) is 4.32. The Morgan fingerprint density at radius 2 is 1.90 bits per heavy atom. The summed E-state index contributed by atoms with van der Waals surface area (Å²) in [5.41, 5.74) is 1.34. The van der Waals surface area contributed by atoms with Gasteiger partial charge in [0.15, 0.2) is 11.6 Å². The van der Waals surface area contributed by atoms with Crippen LogP contribution in [-0.2, 0) is 27.2 Å². The summed E-state index contributed by atoms with van der Waals surface area (Å²) in [6.07, 6.45) is 1.38. The summed E-state index contributed by atoms with van der Waals surface area (Å²) in [5.74, 6) is -2.28. The van der Waals surface area contributed by atoms with Crippen molar-refractivity contribution in [1.29, 1.82) is 0 Å². The van der Waals surface area contributed by atoms with Gasteiger partial charge in [-0.25, -0.2) is 8.78 Å². The molecular formula is C14H15F2NO3. The van der Waals surface area contributed by atoms with Crippen LogP contribution >= 0.6 is 0 Å². The van der Waals surface area contributed by atoms with Crippen molar-refractivity contribution in [2.45, 2.75) is 25.8 Å². The Morgan fingerprint density at radius 1 is 1.35 bits per heavy atom. The van der Waals surface area contributed by atoms with E-state index in [0.29, 0.717) is 30.4 Å². The summed E-state index contributed by atoms with van der Waals surface area (Å²) >= 11 is 0. The molecule has 1 aromatic carbocycles. The van der Waals surface area contributed by atoms with E-state index in [9.17, 15) is 18.4 Å². The summed E-state index contributed by atoms with van der Waals surface area (Å²) in [5, 5.41) is 0. The highest BCUT2D eigenvalue weighted by Crippen LogP contribution is 2.27. The maximum atomic E-state index is 13.2. The minimum atomic E-state index is -0.896. The third-order valence-electron chi connectivity index (χ3n) is 3.38. The van der Waals surface area contributed by atoms with E-state index in [4.69, 9.17) is 4.74 Å². The van der Waals surface area contributed by atoms with Crippen LogP contribution in [0.3, 0.4) is 0 Å². The van der Waals surface area contributed by atoms with E-state index in [-0.39, 0.29) is 19.2 Å². The van der Waals surface area contributed by atoms with E-state index in [1.54, 1.807) is 6.92 Å². The zero-order valence-corrected chi connectivity index (χ0v) is 11.1. The summed E-state index contributed by atoms with van der Waals surface area (Å²) in [6, 6.07) is 2.03. The Morgan fingerprint density at radius 3 is 2.35 bits per heavy atom. The van der Waals surface area contributed by atoms with Crippen LogP contribution in [0.25, 0.3) is 0 Å². The molecule has 0 unspecified atom stereocenters. The van der Waals surface area contributed by atoms with Crippen molar-refractivity contribution in [1.82, 2.24) is 4.90 Å². The van der Waals surface area contributed by atoms with E-state index in [1.165, 1.54) is 4.90 Å². The number of benzene rings is 1. The van der Waals surface area contributed by atoms with Gasteiger partial charge in [0.1, 0.15) is 6.54 Å². The van der Waals surface area contributed by atoms with Crippen molar-refractivity contribution in [3.05, 3.63) is 34.9 Å². The SMILES string of the molecule is CCOC(=O)CN(C=O)C1Cc2cc(F)c(F)cc2C1. The molecule has 0 heterocycles. The number of ether oxygens (including phenoxy) is 1. The summed E-state index contributed by atoms with van der Waals surface area (Å²) in [6.45, 7) is 1.77. The molecule has 0 aliphatic heterocycles. The number of carbonyl (C=O) groups is 2. The van der Waals surface area contributed by atoms with Gasteiger partial charge < -0.3 is 9.64 Å². The Hall–Kier alpha value is -1.98. The monoisotopic (exact) mass is 283 g/mol. The largest absolute Gasteiger partial charge is 0.465 e. The van der Waals surface area contributed by atoms with Gasteiger partial charge in [-0.05, 0) is 43.0 Å². The highest BCUT2D eigenvalue weighted by molar-refractivity contribution is 5.74. The lowest BCUT2D eigenvalue weighted by molar-refractivity contribution is -0.147. The van der Waals surface area contributed by atoms with Gasteiger partial charge in [-0.15, -0.1) is 0 Å². The van der Waals surface area contributed by atoms with Gasteiger partial charge in [-0.3, -0.25) is 9.59 Å². The molecule has 1 amide bonds. The third-order valence-corrected chi connectivity index (χ3v) is 3.38. The van der Waals surface area contributed by atoms with Crippen LogP contribution in [0.2, 0.25) is 0 Å². The Bertz CT molecular complexity index is 502. The first-order valence-electron chi connectivity index (χ1n) is 6.38. The molecule has 6 heteroatoms. The topological polar surface area (TPSA) is 46.6 Å². The number of fused-ring (bicyclic) bond motifs is 1. The lowest BCUT2D eigenvalue weighted by Crippen LogP contribution is -2.39. The molecule has 0 spiro atoms. The molecule has 1 aliphatic carbocycles. The number of rotatable bonds is 5. The first kappa shape index (κ1) is 14.4. The van der Waals surface area contributed by atoms with Crippen LogP contribution in [-0.4, -0.2) is 36.5 Å². The molecule has 0 bridgehead atoms. The van der Waals surface area contributed by atoms with E-state index < -0.39 is 17.6 Å². The molecule has 0 saturated heterocycles. The molecule has 0 N–H and O–H groups in total. The number of esters is 1. The molecular weight excluding hydrogens is 268 g/mol. The summed E-state index contributed by atoms with van der Waals surface area (Å²) in [4.78, 5) is 23.8. The molecule has 0 atom stereocenters. The fraction of sp³-hybridized carbons (Fsp3) is 0.429. The lowest BCUT2D eigenvalue weighted by atomic mass is 10.1. The van der Waals surface area contributed by atoms with Crippen LogP contribution < -0.4 is 0 Å². The van der Waals surface area contributed by atoms with E-state index in [0.717, 1.165) is 12.1 Å². The fourth-order valence-electron chi connectivity index (χ4n) is 2.43. The average Bonchev–Trinajstić information content (AvgIpc) is 2.79. The van der Waals surface area contributed by atoms with Gasteiger partial charge in [0.2, 0.25) is 6.41 Å². The van der Waals surface area contributed by atoms with Crippen LogP contribution in [0.1, 0.15) is 18.1 Å². The van der Waals surface area contributed by atoms with E-state index >= 15 is 0 Å². The number of halogens is 2. The first-order valence-corrected chi connectivity index (χ1v) is 6.38. The molecule has 108 valence electrons. The van der Waals surface area contributed by atoms with Crippen molar-refractivity contribution >= 4 is 12.4 Å². The van der Waals surface area contributed by atoms with Gasteiger partial charge >= 0.3 is 5.97 Å². The minimum Gasteiger partial charge on any atom is -0.465 e. The van der Waals surface area contributed by atoms with Gasteiger partial charge in [0.25, 0.3) is 0 Å². The smallest absolute Gasteiger partial charge is 0.325 e. The molecule has 0 radical (unpaired) electrons. The maximum absolute atomic E-state index is 13.2. The standard InChI is InChI=1S/C14H15F2NO3/c1-2-20-14(19)7-17(8-18)11-3-9-5-12(15)13(16)6-10(9)4-11/h5-6,8,11H,2-4,7H2,1H3. The zero-order valence-electron chi connectivity index (χ0n) is 11.1. The molecule has 20 heavy (non-hydrogen) atoms. The lowest BCUT2D eigenvalue weighted by Gasteiger charge is -2.23. The molecule has 1 aliphatic rings. The van der Waals surface area contributed by atoms with Gasteiger partial charge in [0.05, 0.1) is 6.61 Å². The predicted octanol–water partition coefficient (Wildman–Crippen LogP) is 1.45. The first-order chi connectivity index (χ1) is 9.55. The number of carbonyl (C=O) groups excluding carboxylic acids is 2. The van der Waals surface area contributed by atoms with Gasteiger partial charge in [-0.1, -0.05) is 0 Å². The average molecular weight is 283 g/mol. The van der Waals surface area contributed by atoms with Gasteiger partial charge in [-0.2, -0.15) is 0 Å². The summed E-state index contributed by atoms with van der Waals surface area (Å²) < 4.78 is 31.1. The molecule has 2 rings (SSSR count). The number of hydrogen-bond donors (Lipinski definition) is 0. The molecule has 0 aromatic heterocycles. The Balaban J connectivity index is 2.08. The Labute approximate surface area is 115 Å². The van der Waals surface area contributed by atoms with Crippen molar-refractivity contribution in [3.8, 4) is 0 Å². The second-order valence-corrected chi connectivity index (χ2v) is 4.68. The highest BCUT2D eigenvalue weighted by Gasteiger charge is 2.28. The quantitative estimate of drug-likeness (QED) is 0.607. The van der Waals surface area contributed by atoms with Crippen LogP contribution in [0.5, 0.6) is 0 Å². The predicted molar refractivity (Wildman–Crippen MR) is 67.0 cm³/mol. The number of hydrogen-bond acceptors (Lipinski definition) is 3. The van der Waals surface area contributed by atoms with Crippen LogP contribution in [0.15, 0.2) is 12.1 Å². The van der Waals surface area contributed by atoms with Crippen molar-refractivity contribution in [2.75, 3.05) is 13.2 Å².